The molecule has 2 aromatic heterocycles. The van der Waals surface area contributed by atoms with Crippen LogP contribution in [-0.2, 0) is 0 Å². The van der Waals surface area contributed by atoms with Gasteiger partial charge >= 0.3 is 0 Å². The molecule has 1 aromatic carbocycles. The molecule has 3 rings (SSSR count). The number of aldehydes is 1. The fraction of sp³-hybridized carbons (Fsp3) is 0. The highest BCUT2D eigenvalue weighted by molar-refractivity contribution is 5.75. The van der Waals surface area contributed by atoms with Gasteiger partial charge in [0.15, 0.2) is 6.29 Å². The van der Waals surface area contributed by atoms with Crippen LogP contribution < -0.4 is 0 Å². The first-order valence-electron chi connectivity index (χ1n) is 7.06. The van der Waals surface area contributed by atoms with Gasteiger partial charge < -0.3 is 0 Å². The number of halogens is 1. The van der Waals surface area contributed by atoms with E-state index in [1.165, 1.54) is 18.3 Å². The first kappa shape index (κ1) is 14.8. The summed E-state index contributed by atoms with van der Waals surface area (Å²) in [6.07, 6.45) is 7.82. The summed E-state index contributed by atoms with van der Waals surface area (Å²) in [6.45, 7) is 0. The van der Waals surface area contributed by atoms with Crippen molar-refractivity contribution in [2.75, 3.05) is 0 Å². The van der Waals surface area contributed by atoms with E-state index < -0.39 is 0 Å². The van der Waals surface area contributed by atoms with Crippen molar-refractivity contribution in [1.82, 2.24) is 9.97 Å². The van der Waals surface area contributed by atoms with Crippen molar-refractivity contribution in [3.05, 3.63) is 83.4 Å². The predicted octanol–water partition coefficient (Wildman–Crippen LogP) is 4.27. The summed E-state index contributed by atoms with van der Waals surface area (Å²) in [5.41, 5.74) is 3.84. The van der Waals surface area contributed by atoms with E-state index >= 15 is 0 Å². The highest BCUT2D eigenvalue weighted by atomic mass is 19.1. The van der Waals surface area contributed by atoms with Crippen LogP contribution in [0.1, 0.15) is 21.5 Å². The summed E-state index contributed by atoms with van der Waals surface area (Å²) < 4.78 is 12.8. The molecule has 0 bridgehead atoms. The molecule has 0 fully saturated rings. The molecule has 3 nitrogen and oxygen atoms in total. The van der Waals surface area contributed by atoms with Gasteiger partial charge in [-0.1, -0.05) is 30.4 Å². The molecule has 3 aromatic rings. The Morgan fingerprint density at radius 2 is 1.22 bits per heavy atom. The van der Waals surface area contributed by atoms with Gasteiger partial charge in [-0.15, -0.1) is 0 Å². The highest BCUT2D eigenvalue weighted by Crippen LogP contribution is 2.16. The van der Waals surface area contributed by atoms with Crippen molar-refractivity contribution in [3.63, 3.8) is 0 Å². The standard InChI is InChI=1S/C19H13FN2O/c20-17-7-3-14(4-8-17)1-2-15-5-9-18(21-11-15)19-10-6-16(13-23)12-22-19/h1-13H/b2-1+. The van der Waals surface area contributed by atoms with Gasteiger partial charge in [0.1, 0.15) is 5.82 Å². The van der Waals surface area contributed by atoms with Gasteiger partial charge in [-0.25, -0.2) is 4.39 Å². The maximum absolute atomic E-state index is 12.8. The zero-order valence-corrected chi connectivity index (χ0v) is 12.2. The second-order valence-electron chi connectivity index (χ2n) is 4.96. The molecule has 0 aliphatic carbocycles. The lowest BCUT2D eigenvalue weighted by Crippen LogP contribution is -1.89. The van der Waals surface area contributed by atoms with E-state index in [1.54, 1.807) is 30.5 Å². The fourth-order valence-electron chi connectivity index (χ4n) is 2.05. The molecule has 0 unspecified atom stereocenters. The zero-order chi connectivity index (χ0) is 16.1. The monoisotopic (exact) mass is 304 g/mol. The van der Waals surface area contributed by atoms with Crippen molar-refractivity contribution < 1.29 is 9.18 Å². The summed E-state index contributed by atoms with van der Waals surface area (Å²) in [6, 6.07) is 13.5. The van der Waals surface area contributed by atoms with Gasteiger partial charge in [0.2, 0.25) is 0 Å². The summed E-state index contributed by atoms with van der Waals surface area (Å²) in [7, 11) is 0. The van der Waals surface area contributed by atoms with Crippen molar-refractivity contribution in [2.24, 2.45) is 0 Å². The Morgan fingerprint density at radius 1 is 0.696 bits per heavy atom. The van der Waals surface area contributed by atoms with Crippen LogP contribution in [0.5, 0.6) is 0 Å². The Morgan fingerprint density at radius 3 is 1.74 bits per heavy atom. The maximum atomic E-state index is 12.8. The van der Waals surface area contributed by atoms with E-state index in [0.29, 0.717) is 11.3 Å². The number of carbonyl (C=O) groups excluding carboxylic acids is 1. The largest absolute Gasteiger partial charge is 0.298 e. The molecular weight excluding hydrogens is 291 g/mol. The Bertz CT molecular complexity index is 823. The number of benzene rings is 1. The third-order valence-corrected chi connectivity index (χ3v) is 3.31. The average molecular weight is 304 g/mol. The van der Waals surface area contributed by atoms with E-state index in [0.717, 1.165) is 23.1 Å². The lowest BCUT2D eigenvalue weighted by Gasteiger charge is -2.01. The molecule has 0 aliphatic rings. The number of rotatable bonds is 4. The molecule has 112 valence electrons. The van der Waals surface area contributed by atoms with E-state index in [1.807, 2.05) is 24.3 Å². The van der Waals surface area contributed by atoms with E-state index in [2.05, 4.69) is 9.97 Å². The molecule has 0 aliphatic heterocycles. The summed E-state index contributed by atoms with van der Waals surface area (Å²) in [5.74, 6) is -0.249. The van der Waals surface area contributed by atoms with Crippen molar-refractivity contribution >= 4 is 18.4 Å². The molecule has 0 amide bonds. The predicted molar refractivity (Wildman–Crippen MR) is 88.2 cm³/mol. The van der Waals surface area contributed by atoms with Crippen molar-refractivity contribution in [1.29, 1.82) is 0 Å². The van der Waals surface area contributed by atoms with Crippen LogP contribution in [0.15, 0.2) is 60.9 Å². The van der Waals surface area contributed by atoms with Gasteiger partial charge in [-0.05, 0) is 41.5 Å². The topological polar surface area (TPSA) is 42.9 Å². The van der Waals surface area contributed by atoms with Crippen LogP contribution in [0.3, 0.4) is 0 Å². The molecule has 0 radical (unpaired) electrons. The summed E-state index contributed by atoms with van der Waals surface area (Å²) >= 11 is 0. The van der Waals surface area contributed by atoms with Crippen LogP contribution >= 0.6 is 0 Å². The van der Waals surface area contributed by atoms with E-state index in [-0.39, 0.29) is 5.82 Å². The minimum absolute atomic E-state index is 0.249. The van der Waals surface area contributed by atoms with Gasteiger partial charge in [-0.2, -0.15) is 0 Å². The molecular formula is C19H13FN2O. The fourth-order valence-corrected chi connectivity index (χ4v) is 2.05. The molecule has 2 heterocycles. The number of hydrogen-bond acceptors (Lipinski definition) is 3. The Hall–Kier alpha value is -3.14. The third kappa shape index (κ3) is 3.74. The van der Waals surface area contributed by atoms with Gasteiger partial charge in [0, 0.05) is 18.0 Å². The van der Waals surface area contributed by atoms with E-state index in [9.17, 15) is 9.18 Å². The molecule has 0 atom stereocenters. The van der Waals surface area contributed by atoms with Crippen LogP contribution in [-0.4, -0.2) is 16.3 Å². The number of pyridine rings is 2. The number of carbonyl (C=O) groups is 1. The van der Waals surface area contributed by atoms with Crippen LogP contribution in [0, 0.1) is 5.82 Å². The molecule has 0 saturated carbocycles. The molecule has 0 saturated heterocycles. The lowest BCUT2D eigenvalue weighted by atomic mass is 10.1. The Kier molecular flexibility index (Phi) is 4.34. The maximum Gasteiger partial charge on any atom is 0.151 e. The molecule has 0 spiro atoms. The molecule has 0 N–H and O–H groups in total. The second kappa shape index (κ2) is 6.75. The van der Waals surface area contributed by atoms with Gasteiger partial charge in [0.25, 0.3) is 0 Å². The van der Waals surface area contributed by atoms with Crippen molar-refractivity contribution in [3.8, 4) is 11.4 Å². The lowest BCUT2D eigenvalue weighted by molar-refractivity contribution is 0.112. The first-order valence-corrected chi connectivity index (χ1v) is 7.06. The van der Waals surface area contributed by atoms with Gasteiger partial charge in [0.05, 0.1) is 11.4 Å². The first-order chi connectivity index (χ1) is 11.2. The normalized spacial score (nSPS) is 10.8. The van der Waals surface area contributed by atoms with Gasteiger partial charge in [-0.3, -0.25) is 14.8 Å². The van der Waals surface area contributed by atoms with Crippen molar-refractivity contribution in [2.45, 2.75) is 0 Å². The average Bonchev–Trinajstić information content (AvgIpc) is 2.62. The Labute approximate surface area is 133 Å². The zero-order valence-electron chi connectivity index (χ0n) is 12.2. The smallest absolute Gasteiger partial charge is 0.151 e. The minimum atomic E-state index is -0.249. The molecule has 23 heavy (non-hydrogen) atoms. The van der Waals surface area contributed by atoms with Crippen LogP contribution in [0.25, 0.3) is 23.5 Å². The SMILES string of the molecule is O=Cc1ccc(-c2ccc(/C=C/c3ccc(F)cc3)cn2)nc1. The highest BCUT2D eigenvalue weighted by Gasteiger charge is 2.01. The second-order valence-corrected chi connectivity index (χ2v) is 4.96. The summed E-state index contributed by atoms with van der Waals surface area (Å²) in [5, 5.41) is 0. The number of hydrogen-bond donors (Lipinski definition) is 0. The van der Waals surface area contributed by atoms with E-state index in [4.69, 9.17) is 0 Å². The summed E-state index contributed by atoms with van der Waals surface area (Å²) in [4.78, 5) is 19.2. The number of nitrogens with zero attached hydrogens (tertiary/aromatic N) is 2. The number of aromatic nitrogens is 2. The van der Waals surface area contributed by atoms with Crippen LogP contribution in [0.4, 0.5) is 4.39 Å². The quantitative estimate of drug-likeness (QED) is 0.676. The van der Waals surface area contributed by atoms with Crippen LogP contribution in [0.2, 0.25) is 0 Å². The third-order valence-electron chi connectivity index (χ3n) is 3.31. The minimum Gasteiger partial charge on any atom is -0.298 e. The molecule has 4 heteroatoms. The Balaban J connectivity index is 1.75.